The molecular formula is C11H11NO. The largest absolute Gasteiger partial charge is 0.381 e. The topological polar surface area (TPSA) is 33.0 Å². The van der Waals surface area contributed by atoms with Crippen LogP contribution in [0.1, 0.15) is 23.5 Å². The lowest BCUT2D eigenvalue weighted by molar-refractivity contribution is 0.194. The Kier molecular flexibility index (Phi) is 2.29. The lowest BCUT2D eigenvalue weighted by Gasteiger charge is -2.08. The number of nitrogens with zero attached hydrogens (tertiary/aromatic N) is 1. The summed E-state index contributed by atoms with van der Waals surface area (Å²) in [6.45, 7) is 1.59. The quantitative estimate of drug-likeness (QED) is 0.651. The Morgan fingerprint density at radius 1 is 1.38 bits per heavy atom. The lowest BCUT2D eigenvalue weighted by Crippen LogP contribution is -1.99. The van der Waals surface area contributed by atoms with Crippen molar-refractivity contribution in [3.05, 3.63) is 35.4 Å². The van der Waals surface area contributed by atoms with Gasteiger partial charge in [-0.2, -0.15) is 5.26 Å². The number of benzene rings is 1. The van der Waals surface area contributed by atoms with Crippen LogP contribution in [0.3, 0.4) is 0 Å². The number of rotatable bonds is 1. The molecule has 0 radical (unpaired) electrons. The molecule has 0 aliphatic carbocycles. The van der Waals surface area contributed by atoms with E-state index >= 15 is 0 Å². The van der Waals surface area contributed by atoms with E-state index in [4.69, 9.17) is 10.00 Å². The van der Waals surface area contributed by atoms with E-state index in [0.29, 0.717) is 5.92 Å². The van der Waals surface area contributed by atoms with Gasteiger partial charge in [0.2, 0.25) is 0 Å². The van der Waals surface area contributed by atoms with Crippen LogP contribution in [0.5, 0.6) is 0 Å². The molecule has 0 saturated carbocycles. The van der Waals surface area contributed by atoms with Crippen LogP contribution in [0.4, 0.5) is 0 Å². The highest BCUT2D eigenvalue weighted by molar-refractivity contribution is 5.39. The van der Waals surface area contributed by atoms with Crippen molar-refractivity contribution in [3.63, 3.8) is 0 Å². The van der Waals surface area contributed by atoms with E-state index in [-0.39, 0.29) is 0 Å². The van der Waals surface area contributed by atoms with Gasteiger partial charge in [-0.3, -0.25) is 0 Å². The molecule has 66 valence electrons. The highest BCUT2D eigenvalue weighted by Gasteiger charge is 2.19. The van der Waals surface area contributed by atoms with Gasteiger partial charge in [0.25, 0.3) is 0 Å². The smallest absolute Gasteiger partial charge is 0.0994 e. The van der Waals surface area contributed by atoms with Crippen LogP contribution in [-0.2, 0) is 4.74 Å². The molecule has 0 N–H and O–H groups in total. The second kappa shape index (κ2) is 3.59. The molecule has 1 aromatic rings. The zero-order valence-corrected chi connectivity index (χ0v) is 7.36. The van der Waals surface area contributed by atoms with Crippen molar-refractivity contribution in [3.8, 4) is 6.07 Å². The molecule has 1 saturated heterocycles. The summed E-state index contributed by atoms with van der Waals surface area (Å²) < 4.78 is 5.30. The van der Waals surface area contributed by atoms with Gasteiger partial charge in [0.05, 0.1) is 18.2 Å². The first kappa shape index (κ1) is 8.28. The van der Waals surface area contributed by atoms with Gasteiger partial charge in [0, 0.05) is 12.5 Å². The van der Waals surface area contributed by atoms with Crippen molar-refractivity contribution in [2.75, 3.05) is 13.2 Å². The van der Waals surface area contributed by atoms with Gasteiger partial charge < -0.3 is 4.74 Å². The van der Waals surface area contributed by atoms with E-state index in [2.05, 4.69) is 6.07 Å². The Bertz CT molecular complexity index is 334. The minimum absolute atomic E-state index is 0.427. The fourth-order valence-corrected chi connectivity index (χ4v) is 1.73. The molecule has 1 fully saturated rings. The summed E-state index contributed by atoms with van der Waals surface area (Å²) in [7, 11) is 0. The van der Waals surface area contributed by atoms with Crippen molar-refractivity contribution < 1.29 is 4.74 Å². The van der Waals surface area contributed by atoms with Gasteiger partial charge in [-0.05, 0) is 18.1 Å². The monoisotopic (exact) mass is 173 g/mol. The number of nitriles is 1. The van der Waals surface area contributed by atoms with Crippen molar-refractivity contribution in [2.45, 2.75) is 12.3 Å². The van der Waals surface area contributed by atoms with Gasteiger partial charge in [-0.25, -0.2) is 0 Å². The van der Waals surface area contributed by atoms with Crippen molar-refractivity contribution in [1.29, 1.82) is 5.26 Å². The molecule has 0 bridgehead atoms. The summed E-state index contributed by atoms with van der Waals surface area (Å²) in [4.78, 5) is 0. The van der Waals surface area contributed by atoms with Crippen LogP contribution in [0, 0.1) is 11.3 Å². The minimum Gasteiger partial charge on any atom is -0.381 e. The zero-order valence-electron chi connectivity index (χ0n) is 7.36. The van der Waals surface area contributed by atoms with E-state index in [9.17, 15) is 0 Å². The first-order valence-electron chi connectivity index (χ1n) is 4.48. The molecule has 1 unspecified atom stereocenters. The molecule has 1 atom stereocenters. The second-order valence-electron chi connectivity index (χ2n) is 3.26. The summed E-state index contributed by atoms with van der Waals surface area (Å²) in [5.41, 5.74) is 1.93. The fraction of sp³-hybridized carbons (Fsp3) is 0.364. The molecule has 2 nitrogen and oxygen atoms in total. The maximum absolute atomic E-state index is 8.89. The lowest BCUT2D eigenvalue weighted by atomic mass is 9.94. The summed E-state index contributed by atoms with van der Waals surface area (Å²) in [5, 5.41) is 8.89. The van der Waals surface area contributed by atoms with Gasteiger partial charge in [-0.15, -0.1) is 0 Å². The number of hydrogen-bond donors (Lipinski definition) is 0. The van der Waals surface area contributed by atoms with Crippen LogP contribution in [0.2, 0.25) is 0 Å². The average Bonchev–Trinajstić information content (AvgIpc) is 2.70. The second-order valence-corrected chi connectivity index (χ2v) is 3.26. The molecule has 1 aliphatic heterocycles. The predicted octanol–water partition coefficient (Wildman–Crippen LogP) is 2.06. The Labute approximate surface area is 77.8 Å². The molecule has 2 heteroatoms. The average molecular weight is 173 g/mol. The van der Waals surface area contributed by atoms with E-state index < -0.39 is 0 Å². The van der Waals surface area contributed by atoms with Crippen molar-refractivity contribution >= 4 is 0 Å². The van der Waals surface area contributed by atoms with Crippen molar-refractivity contribution in [1.82, 2.24) is 0 Å². The zero-order chi connectivity index (χ0) is 9.10. The summed E-state index contributed by atoms with van der Waals surface area (Å²) in [6.07, 6.45) is 1.04. The van der Waals surface area contributed by atoms with Crippen molar-refractivity contribution in [2.24, 2.45) is 0 Å². The molecule has 1 heterocycles. The first-order valence-corrected chi connectivity index (χ1v) is 4.48. The Hall–Kier alpha value is -1.33. The maximum atomic E-state index is 8.89. The molecule has 0 spiro atoms. The van der Waals surface area contributed by atoms with Gasteiger partial charge in [-0.1, -0.05) is 18.2 Å². The van der Waals surface area contributed by atoms with Crippen LogP contribution < -0.4 is 0 Å². The predicted molar refractivity (Wildman–Crippen MR) is 49.3 cm³/mol. The number of hydrogen-bond acceptors (Lipinski definition) is 2. The summed E-state index contributed by atoms with van der Waals surface area (Å²) >= 11 is 0. The molecular weight excluding hydrogens is 162 g/mol. The van der Waals surface area contributed by atoms with Gasteiger partial charge >= 0.3 is 0 Å². The summed E-state index contributed by atoms with van der Waals surface area (Å²) in [6, 6.07) is 9.99. The highest BCUT2D eigenvalue weighted by atomic mass is 16.5. The van der Waals surface area contributed by atoms with Gasteiger partial charge in [0.1, 0.15) is 0 Å². The Morgan fingerprint density at radius 2 is 2.23 bits per heavy atom. The Morgan fingerprint density at radius 3 is 2.92 bits per heavy atom. The summed E-state index contributed by atoms with van der Waals surface area (Å²) in [5.74, 6) is 0.427. The molecule has 13 heavy (non-hydrogen) atoms. The molecule has 1 aromatic carbocycles. The fourth-order valence-electron chi connectivity index (χ4n) is 1.73. The minimum atomic E-state index is 0.427. The van der Waals surface area contributed by atoms with E-state index in [0.717, 1.165) is 30.8 Å². The third kappa shape index (κ3) is 1.56. The molecule has 1 aliphatic rings. The normalized spacial score (nSPS) is 21.3. The Balaban J connectivity index is 2.33. The van der Waals surface area contributed by atoms with Gasteiger partial charge in [0.15, 0.2) is 0 Å². The maximum Gasteiger partial charge on any atom is 0.0994 e. The number of ether oxygens (including phenoxy) is 1. The first-order chi connectivity index (χ1) is 6.42. The molecule has 0 aromatic heterocycles. The van der Waals surface area contributed by atoms with Crippen LogP contribution in [-0.4, -0.2) is 13.2 Å². The van der Waals surface area contributed by atoms with Crippen LogP contribution >= 0.6 is 0 Å². The molecule has 0 amide bonds. The van der Waals surface area contributed by atoms with Crippen LogP contribution in [0.15, 0.2) is 24.3 Å². The molecule has 2 rings (SSSR count). The van der Waals surface area contributed by atoms with E-state index in [1.54, 1.807) is 0 Å². The highest BCUT2D eigenvalue weighted by Crippen LogP contribution is 2.27. The van der Waals surface area contributed by atoms with E-state index in [1.807, 2.05) is 24.3 Å². The van der Waals surface area contributed by atoms with E-state index in [1.165, 1.54) is 0 Å². The van der Waals surface area contributed by atoms with Crippen LogP contribution in [0.25, 0.3) is 0 Å². The third-order valence-corrected chi connectivity index (χ3v) is 2.45. The SMILES string of the molecule is N#Cc1ccccc1C1CCOC1. The third-order valence-electron chi connectivity index (χ3n) is 2.45. The standard InChI is InChI=1S/C11H11NO/c12-7-9-3-1-2-4-11(9)10-5-6-13-8-10/h1-4,10H,5-6,8H2.